The summed E-state index contributed by atoms with van der Waals surface area (Å²) in [5.41, 5.74) is -0.414. The van der Waals surface area contributed by atoms with Crippen LogP contribution in [0.4, 0.5) is 11.4 Å². The zero-order valence-corrected chi connectivity index (χ0v) is 19.2. The summed E-state index contributed by atoms with van der Waals surface area (Å²) in [4.78, 5) is -1.71. The molecule has 0 unspecified atom stereocenters. The smallest absolute Gasteiger partial charge is 0.282 e. The highest BCUT2D eigenvalue weighted by atomic mass is 32.2. The van der Waals surface area contributed by atoms with Gasteiger partial charge in [0.2, 0.25) is 0 Å². The Kier molecular flexibility index (Phi) is 5.75. The Bertz CT molecular complexity index is 1830. The summed E-state index contributed by atoms with van der Waals surface area (Å²) in [6, 6.07) is 14.3. The maximum atomic E-state index is 12.1. The van der Waals surface area contributed by atoms with Gasteiger partial charge in [-0.2, -0.15) is 25.3 Å². The quantitative estimate of drug-likeness (QED) is 0.255. The van der Waals surface area contributed by atoms with Crippen LogP contribution in [0.1, 0.15) is 0 Å². The van der Waals surface area contributed by atoms with E-state index in [9.17, 15) is 38.9 Å². The number of azo groups is 1. The summed E-state index contributed by atoms with van der Waals surface area (Å²) < 4.78 is 99.6. The standard InChI is InChI=1S/C20H14N2O9S3/c23-32(24,25)13-8-9-14-12(10-13)4-3-7-17(14)21-22-18-11-19(33(26,27)28)15-5-1-2-6-16(15)20(18)34(29,30)31/h1-11H,(H,23,24,25)(H,26,27,28)(H,29,30,31). The largest absolute Gasteiger partial charge is 0.297 e. The minimum atomic E-state index is -4.92. The summed E-state index contributed by atoms with van der Waals surface area (Å²) in [5, 5.41) is 8.17. The minimum absolute atomic E-state index is 0.141. The molecule has 176 valence electrons. The molecule has 34 heavy (non-hydrogen) atoms. The third-order valence-corrected chi connectivity index (χ3v) is 7.55. The maximum absolute atomic E-state index is 12.1. The predicted molar refractivity (Wildman–Crippen MR) is 122 cm³/mol. The van der Waals surface area contributed by atoms with E-state index in [0.29, 0.717) is 10.8 Å². The topological polar surface area (TPSA) is 188 Å². The third-order valence-electron chi connectivity index (χ3n) is 4.87. The van der Waals surface area contributed by atoms with Crippen molar-refractivity contribution in [2.75, 3.05) is 0 Å². The van der Waals surface area contributed by atoms with Crippen LogP contribution in [-0.2, 0) is 30.4 Å². The van der Waals surface area contributed by atoms with Gasteiger partial charge in [0, 0.05) is 16.2 Å². The van der Waals surface area contributed by atoms with Gasteiger partial charge in [0.15, 0.2) is 0 Å². The summed E-state index contributed by atoms with van der Waals surface area (Å²) in [7, 11) is -14.2. The van der Waals surface area contributed by atoms with Gasteiger partial charge in [0.25, 0.3) is 30.4 Å². The van der Waals surface area contributed by atoms with Crippen LogP contribution in [0.3, 0.4) is 0 Å². The van der Waals surface area contributed by atoms with Crippen LogP contribution < -0.4 is 0 Å². The molecule has 0 amide bonds. The SMILES string of the molecule is O=S(=O)(O)c1ccc2c(N=Nc3cc(S(=O)(=O)O)c4ccccc4c3S(=O)(=O)O)cccc2c1. The van der Waals surface area contributed by atoms with Crippen LogP contribution >= 0.6 is 0 Å². The molecule has 0 radical (unpaired) electrons. The van der Waals surface area contributed by atoms with Crippen LogP contribution in [0.2, 0.25) is 0 Å². The van der Waals surface area contributed by atoms with Crippen molar-refractivity contribution in [3.8, 4) is 0 Å². The molecule has 0 aliphatic heterocycles. The number of hydrogen-bond donors (Lipinski definition) is 3. The van der Waals surface area contributed by atoms with Crippen molar-refractivity contribution in [3.05, 3.63) is 66.7 Å². The van der Waals surface area contributed by atoms with Crippen molar-refractivity contribution in [2.45, 2.75) is 14.7 Å². The fourth-order valence-electron chi connectivity index (χ4n) is 3.46. The lowest BCUT2D eigenvalue weighted by molar-refractivity contribution is 0.480. The summed E-state index contributed by atoms with van der Waals surface area (Å²) in [5.74, 6) is 0. The average Bonchev–Trinajstić information content (AvgIpc) is 2.74. The second-order valence-electron chi connectivity index (χ2n) is 7.05. The molecule has 11 nitrogen and oxygen atoms in total. The number of nitrogens with zero attached hydrogens (tertiary/aromatic N) is 2. The number of rotatable bonds is 5. The molecule has 14 heteroatoms. The fourth-order valence-corrected chi connectivity index (χ4v) is 5.51. The molecule has 0 aliphatic rings. The molecule has 0 heterocycles. The van der Waals surface area contributed by atoms with Crippen molar-refractivity contribution >= 4 is 63.3 Å². The molecule has 4 rings (SSSR count). The van der Waals surface area contributed by atoms with Gasteiger partial charge in [0.1, 0.15) is 15.5 Å². The van der Waals surface area contributed by atoms with Gasteiger partial charge in [-0.1, -0.05) is 42.5 Å². The Hall–Kier alpha value is -3.27. The third kappa shape index (κ3) is 4.54. The molecule has 0 aromatic heterocycles. The second-order valence-corrected chi connectivity index (χ2v) is 11.2. The summed E-state index contributed by atoms with van der Waals surface area (Å²) in [6.07, 6.45) is 0. The van der Waals surface area contributed by atoms with Crippen LogP contribution in [0.5, 0.6) is 0 Å². The number of hydrogen-bond acceptors (Lipinski definition) is 8. The predicted octanol–water partition coefficient (Wildman–Crippen LogP) is 4.15. The van der Waals surface area contributed by atoms with E-state index in [2.05, 4.69) is 10.2 Å². The molecular weight excluding hydrogens is 508 g/mol. The van der Waals surface area contributed by atoms with Crippen molar-refractivity contribution in [2.24, 2.45) is 10.2 Å². The van der Waals surface area contributed by atoms with Crippen LogP contribution in [0.15, 0.2) is 91.6 Å². The van der Waals surface area contributed by atoms with Crippen molar-refractivity contribution in [1.29, 1.82) is 0 Å². The molecular formula is C20H14N2O9S3. The molecule has 0 aliphatic carbocycles. The van der Waals surface area contributed by atoms with Gasteiger partial charge in [-0.3, -0.25) is 13.7 Å². The van der Waals surface area contributed by atoms with Gasteiger partial charge >= 0.3 is 0 Å². The first kappa shape index (κ1) is 23.9. The molecule has 0 spiro atoms. The highest BCUT2D eigenvalue weighted by Crippen LogP contribution is 2.38. The van der Waals surface area contributed by atoms with Crippen molar-refractivity contribution < 1.29 is 38.9 Å². The lowest BCUT2D eigenvalue weighted by Gasteiger charge is -2.10. The second kappa shape index (κ2) is 8.19. The summed E-state index contributed by atoms with van der Waals surface area (Å²) in [6.45, 7) is 0. The van der Waals surface area contributed by atoms with Gasteiger partial charge < -0.3 is 0 Å². The van der Waals surface area contributed by atoms with E-state index in [1.165, 1.54) is 48.5 Å². The van der Waals surface area contributed by atoms with E-state index < -0.39 is 45.8 Å². The highest BCUT2D eigenvalue weighted by molar-refractivity contribution is 7.86. The minimum Gasteiger partial charge on any atom is -0.282 e. The Morgan fingerprint density at radius 1 is 0.559 bits per heavy atom. The Labute approximate surface area is 193 Å². The van der Waals surface area contributed by atoms with Crippen molar-refractivity contribution in [1.82, 2.24) is 0 Å². The normalized spacial score (nSPS) is 13.1. The molecule has 3 N–H and O–H groups in total. The fraction of sp³-hybridized carbons (Fsp3) is 0. The van der Waals surface area contributed by atoms with E-state index in [4.69, 9.17) is 0 Å². The molecule has 0 atom stereocenters. The molecule has 4 aromatic rings. The average molecular weight is 523 g/mol. The maximum Gasteiger partial charge on any atom is 0.297 e. The lowest BCUT2D eigenvalue weighted by Crippen LogP contribution is -2.04. The van der Waals surface area contributed by atoms with E-state index in [-0.39, 0.29) is 21.4 Å². The molecule has 4 aromatic carbocycles. The van der Waals surface area contributed by atoms with E-state index >= 15 is 0 Å². The molecule has 0 saturated heterocycles. The van der Waals surface area contributed by atoms with Gasteiger partial charge in [0.05, 0.1) is 10.6 Å². The Balaban J connectivity index is 1.98. The van der Waals surface area contributed by atoms with Crippen LogP contribution in [-0.4, -0.2) is 38.9 Å². The monoisotopic (exact) mass is 522 g/mol. The number of benzene rings is 4. The highest BCUT2D eigenvalue weighted by Gasteiger charge is 2.25. The van der Waals surface area contributed by atoms with Gasteiger partial charge in [-0.25, -0.2) is 0 Å². The van der Waals surface area contributed by atoms with Gasteiger partial charge in [-0.05, 0) is 29.7 Å². The van der Waals surface area contributed by atoms with Crippen LogP contribution in [0.25, 0.3) is 21.5 Å². The van der Waals surface area contributed by atoms with Crippen molar-refractivity contribution in [3.63, 3.8) is 0 Å². The molecule has 0 saturated carbocycles. The van der Waals surface area contributed by atoms with E-state index in [0.717, 1.165) is 12.1 Å². The van der Waals surface area contributed by atoms with E-state index in [1.54, 1.807) is 6.07 Å². The molecule has 0 fully saturated rings. The first-order valence-corrected chi connectivity index (χ1v) is 13.5. The molecule has 0 bridgehead atoms. The van der Waals surface area contributed by atoms with Crippen LogP contribution in [0, 0.1) is 0 Å². The summed E-state index contributed by atoms with van der Waals surface area (Å²) >= 11 is 0. The van der Waals surface area contributed by atoms with E-state index in [1.807, 2.05) is 0 Å². The zero-order valence-electron chi connectivity index (χ0n) is 16.8. The van der Waals surface area contributed by atoms with Gasteiger partial charge in [-0.15, -0.1) is 10.2 Å². The Morgan fingerprint density at radius 3 is 1.82 bits per heavy atom. The first-order valence-electron chi connectivity index (χ1n) is 9.19. The first-order chi connectivity index (χ1) is 15.8. The zero-order chi connectivity index (χ0) is 24.9. The lowest BCUT2D eigenvalue weighted by atomic mass is 10.1. The number of fused-ring (bicyclic) bond motifs is 2. The Morgan fingerprint density at radius 2 is 1.21 bits per heavy atom.